The van der Waals surface area contributed by atoms with Gasteiger partial charge in [-0.25, -0.2) is 9.18 Å². The number of nitrogen functional groups attached to an aromatic ring is 1. The van der Waals surface area contributed by atoms with Crippen LogP contribution in [0.25, 0.3) is 0 Å². The number of halogens is 1. The van der Waals surface area contributed by atoms with Gasteiger partial charge in [-0.3, -0.25) is 4.57 Å². The van der Waals surface area contributed by atoms with E-state index in [1.165, 1.54) is 0 Å². The summed E-state index contributed by atoms with van der Waals surface area (Å²) in [6, 6.07) is 0. The van der Waals surface area contributed by atoms with E-state index < -0.39 is 24.3 Å². The maximum atomic E-state index is 12.7. The Labute approximate surface area is 60.3 Å². The Balaban J connectivity index is 3.53. The summed E-state index contributed by atoms with van der Waals surface area (Å²) in [5.74, 6) is -1.77. The van der Waals surface area contributed by atoms with Crippen molar-refractivity contribution in [3.05, 3.63) is 22.5 Å². The molecule has 0 amide bonds. The van der Waals surface area contributed by atoms with E-state index in [2.05, 4.69) is 4.98 Å². The average Bonchev–Trinajstić information content (AvgIpc) is 1.95. The molecule has 1 heterocycles. The third kappa shape index (κ3) is 0.854. The lowest BCUT2D eigenvalue weighted by Crippen LogP contribution is -2.23. The number of hydrogen-bond acceptors (Lipinski definition) is 3. The second-order valence-corrected chi connectivity index (χ2v) is 1.61. The fourth-order valence-corrected chi connectivity index (χ4v) is 0.446. The Hall–Kier alpha value is -1.39. The van der Waals surface area contributed by atoms with Gasteiger partial charge in [0.25, 0.3) is 0 Å². The molecule has 2 N–H and O–H groups in total. The molecule has 0 unspecified atom stereocenters. The van der Waals surface area contributed by atoms with Gasteiger partial charge in [-0.2, -0.15) is 4.98 Å². The van der Waals surface area contributed by atoms with E-state index >= 15 is 0 Å². The summed E-state index contributed by atoms with van der Waals surface area (Å²) in [4.78, 5) is 13.9. The topological polar surface area (TPSA) is 60.9 Å². The van der Waals surface area contributed by atoms with Crippen LogP contribution in [0.5, 0.6) is 0 Å². The van der Waals surface area contributed by atoms with E-state index in [0.29, 0.717) is 6.20 Å². The Morgan fingerprint density at radius 1 is 2.00 bits per heavy atom. The lowest BCUT2D eigenvalue weighted by Gasteiger charge is -1.99. The van der Waals surface area contributed by atoms with E-state index in [4.69, 9.17) is 9.85 Å². The van der Waals surface area contributed by atoms with E-state index in [1.807, 2.05) is 0 Å². The van der Waals surface area contributed by atoms with Gasteiger partial charge in [0.05, 0.1) is 6.20 Å². The van der Waals surface area contributed by atoms with E-state index in [1.54, 1.807) is 0 Å². The minimum Gasteiger partial charge on any atom is -0.382 e. The lowest BCUT2D eigenvalue weighted by molar-refractivity contribution is 0.600. The van der Waals surface area contributed by atoms with Crippen molar-refractivity contribution in [2.75, 3.05) is 5.73 Å². The van der Waals surface area contributed by atoms with Gasteiger partial charge < -0.3 is 5.73 Å². The molecule has 0 atom stereocenters. The van der Waals surface area contributed by atoms with Gasteiger partial charge in [0.1, 0.15) is 5.82 Å². The van der Waals surface area contributed by atoms with Crippen LogP contribution in [0.4, 0.5) is 10.2 Å². The monoisotopic (exact) mass is 146 g/mol. The molecule has 1 rings (SSSR count). The van der Waals surface area contributed by atoms with Gasteiger partial charge >= 0.3 is 5.69 Å². The Morgan fingerprint density at radius 3 is 3.20 bits per heavy atom. The zero-order chi connectivity index (χ0) is 10.2. The van der Waals surface area contributed by atoms with Gasteiger partial charge in [0.2, 0.25) is 0 Å². The largest absolute Gasteiger partial charge is 0.382 e. The van der Waals surface area contributed by atoms with Crippen LogP contribution < -0.4 is 11.4 Å². The summed E-state index contributed by atoms with van der Waals surface area (Å²) in [6.07, 6.45) is 0.583. The third-order valence-corrected chi connectivity index (χ3v) is 0.965. The first-order chi connectivity index (χ1) is 5.84. The molecule has 0 aromatic carbocycles. The molecule has 10 heavy (non-hydrogen) atoms. The minimum absolute atomic E-state index is 0.127. The molecule has 0 bridgehead atoms. The van der Waals surface area contributed by atoms with Crippen LogP contribution in [0.2, 0.25) is 0 Å². The highest BCUT2D eigenvalue weighted by atomic mass is 19.1. The summed E-state index contributed by atoms with van der Waals surface area (Å²) in [6.45, 7) is -2.81. The quantitative estimate of drug-likeness (QED) is 0.536. The molecule has 0 aliphatic carbocycles. The second-order valence-electron chi connectivity index (χ2n) is 1.61. The van der Waals surface area contributed by atoms with Crippen LogP contribution in [0.15, 0.2) is 11.0 Å². The molecule has 0 aliphatic heterocycles. The van der Waals surface area contributed by atoms with Crippen molar-refractivity contribution in [2.45, 2.75) is 0 Å². The van der Waals surface area contributed by atoms with Gasteiger partial charge in [0.15, 0.2) is 5.82 Å². The average molecular weight is 146 g/mol. The number of hydrogen-bond donors (Lipinski definition) is 1. The van der Waals surface area contributed by atoms with Gasteiger partial charge in [-0.1, -0.05) is 0 Å². The van der Waals surface area contributed by atoms with Crippen molar-refractivity contribution in [3.8, 4) is 0 Å². The van der Waals surface area contributed by atoms with Crippen molar-refractivity contribution in [2.24, 2.45) is 6.98 Å². The van der Waals surface area contributed by atoms with Gasteiger partial charge in [-0.15, -0.1) is 0 Å². The maximum Gasteiger partial charge on any atom is 0.348 e. The predicted octanol–water partition coefficient (Wildman–Crippen LogP) is -0.498. The van der Waals surface area contributed by atoms with E-state index in [-0.39, 0.29) is 4.57 Å². The molecule has 5 heteroatoms. The second kappa shape index (κ2) is 2.09. The molecule has 0 saturated carbocycles. The SMILES string of the molecule is [2H]C([2H])([2H])n1c(N)c(F)cnc1=O. The molecule has 0 spiro atoms. The van der Waals surface area contributed by atoms with Crippen LogP contribution in [-0.4, -0.2) is 9.55 Å². The fourth-order valence-electron chi connectivity index (χ4n) is 0.446. The smallest absolute Gasteiger partial charge is 0.348 e. The molecular formula is C5H6FN3O. The molecule has 0 saturated heterocycles. The van der Waals surface area contributed by atoms with Crippen molar-refractivity contribution >= 4 is 5.82 Å². The highest BCUT2D eigenvalue weighted by Gasteiger charge is 2.01. The first-order valence-electron chi connectivity index (χ1n) is 3.87. The van der Waals surface area contributed by atoms with Crippen LogP contribution >= 0.6 is 0 Å². The number of anilines is 1. The van der Waals surface area contributed by atoms with Gasteiger partial charge in [-0.05, 0) is 0 Å². The summed E-state index contributed by atoms with van der Waals surface area (Å²) in [5, 5.41) is 0. The number of rotatable bonds is 0. The van der Waals surface area contributed by atoms with Crippen molar-refractivity contribution in [1.82, 2.24) is 9.55 Å². The first-order valence-corrected chi connectivity index (χ1v) is 2.37. The molecule has 1 aromatic heterocycles. The van der Waals surface area contributed by atoms with Crippen LogP contribution in [-0.2, 0) is 6.98 Å². The maximum absolute atomic E-state index is 12.7. The Kier molecular flexibility index (Phi) is 0.774. The molecule has 4 nitrogen and oxygen atoms in total. The van der Waals surface area contributed by atoms with Gasteiger partial charge in [0, 0.05) is 11.1 Å². The zero-order valence-corrected chi connectivity index (χ0v) is 4.84. The van der Waals surface area contributed by atoms with Crippen LogP contribution in [0.3, 0.4) is 0 Å². The molecule has 0 aliphatic rings. The number of aromatic nitrogens is 2. The van der Waals surface area contributed by atoms with E-state index in [0.717, 1.165) is 0 Å². The predicted molar refractivity (Wildman–Crippen MR) is 33.8 cm³/mol. The third-order valence-electron chi connectivity index (χ3n) is 0.965. The lowest BCUT2D eigenvalue weighted by atomic mass is 10.5. The van der Waals surface area contributed by atoms with Crippen molar-refractivity contribution < 1.29 is 8.50 Å². The normalized spacial score (nSPS) is 15.5. The molecule has 54 valence electrons. The van der Waals surface area contributed by atoms with E-state index in [9.17, 15) is 9.18 Å². The standard InChI is InChI=1S/C5H6FN3O/c1-9-4(7)3(6)2-8-5(9)10/h2H,7H2,1H3/i1D3. The molecule has 0 fully saturated rings. The van der Waals surface area contributed by atoms with Crippen molar-refractivity contribution in [3.63, 3.8) is 0 Å². The number of nitrogens with two attached hydrogens (primary N) is 1. The van der Waals surface area contributed by atoms with Crippen molar-refractivity contribution in [1.29, 1.82) is 0 Å². The minimum atomic E-state index is -2.81. The highest BCUT2D eigenvalue weighted by molar-refractivity contribution is 5.27. The Morgan fingerprint density at radius 2 is 2.70 bits per heavy atom. The number of nitrogens with zero attached hydrogens (tertiary/aromatic N) is 2. The fraction of sp³-hybridized carbons (Fsp3) is 0.200. The molecular weight excluding hydrogens is 137 g/mol. The zero-order valence-electron chi connectivity index (χ0n) is 7.84. The summed E-state index contributed by atoms with van der Waals surface area (Å²) in [5.41, 5.74) is 3.96. The summed E-state index contributed by atoms with van der Waals surface area (Å²) >= 11 is 0. The van der Waals surface area contributed by atoms with Crippen LogP contribution in [0, 0.1) is 5.82 Å². The highest BCUT2D eigenvalue weighted by Crippen LogP contribution is 2.00. The molecule has 1 aromatic rings. The Bertz CT molecular complexity index is 386. The van der Waals surface area contributed by atoms with Crippen LogP contribution in [0.1, 0.15) is 4.11 Å². The summed E-state index contributed by atoms with van der Waals surface area (Å²) in [7, 11) is 0. The summed E-state index contributed by atoms with van der Waals surface area (Å²) < 4.78 is 33.4. The molecule has 0 radical (unpaired) electrons. The first kappa shape index (κ1) is 3.70.